The lowest BCUT2D eigenvalue weighted by Gasteiger charge is -2.16. The summed E-state index contributed by atoms with van der Waals surface area (Å²) in [5, 5.41) is 5.35. The van der Waals surface area contributed by atoms with E-state index in [2.05, 4.69) is 10.3 Å². The molecule has 122 valence electrons. The maximum absolute atomic E-state index is 12.5. The number of halogens is 1. The summed E-state index contributed by atoms with van der Waals surface area (Å²) >= 11 is 8.53. The van der Waals surface area contributed by atoms with Gasteiger partial charge in [0.15, 0.2) is 15.0 Å². The molecule has 4 rings (SSSR count). The zero-order valence-electron chi connectivity index (χ0n) is 11.9. The minimum atomic E-state index is -3.46. The van der Waals surface area contributed by atoms with E-state index in [0.29, 0.717) is 26.2 Å². The summed E-state index contributed by atoms with van der Waals surface area (Å²) in [6.45, 7) is 0. The highest BCUT2D eigenvalue weighted by molar-refractivity contribution is 7.91. The van der Waals surface area contributed by atoms with Crippen LogP contribution >= 0.6 is 34.3 Å². The van der Waals surface area contributed by atoms with Crippen LogP contribution in [0.5, 0.6) is 0 Å². The maximum atomic E-state index is 12.5. The summed E-state index contributed by atoms with van der Waals surface area (Å²) in [5.41, 5.74) is 1.23. The molecule has 5 nitrogen and oxygen atoms in total. The molecule has 1 aliphatic rings. The summed E-state index contributed by atoms with van der Waals surface area (Å²) in [6.07, 6.45) is 1.60. The topological polar surface area (TPSA) is 76.1 Å². The van der Waals surface area contributed by atoms with Crippen LogP contribution in [0.3, 0.4) is 0 Å². The Hall–Kier alpha value is -1.74. The molecule has 24 heavy (non-hydrogen) atoms. The lowest BCUT2D eigenvalue weighted by atomic mass is 10.1. The number of thiazole rings is 1. The molecule has 2 aromatic heterocycles. The molecule has 0 aliphatic carbocycles. The molecule has 0 unspecified atom stereocenters. The first-order valence-electron chi connectivity index (χ1n) is 6.80. The third-order valence-corrected chi connectivity index (χ3v) is 7.39. The van der Waals surface area contributed by atoms with Gasteiger partial charge in [-0.1, -0.05) is 17.7 Å². The quantitative estimate of drug-likeness (QED) is 0.708. The number of anilines is 1. The van der Waals surface area contributed by atoms with E-state index in [1.807, 2.05) is 0 Å². The average Bonchev–Trinajstić information content (AvgIpc) is 3.16. The van der Waals surface area contributed by atoms with Gasteiger partial charge in [0.1, 0.15) is 0 Å². The Morgan fingerprint density at radius 1 is 1.29 bits per heavy atom. The van der Waals surface area contributed by atoms with Crippen molar-refractivity contribution in [1.29, 1.82) is 0 Å². The van der Waals surface area contributed by atoms with E-state index >= 15 is 0 Å². The summed E-state index contributed by atoms with van der Waals surface area (Å²) in [7, 11) is -3.46. The summed E-state index contributed by atoms with van der Waals surface area (Å²) in [6, 6.07) is 6.44. The largest absolute Gasteiger partial charge is 0.297 e. The van der Waals surface area contributed by atoms with Crippen molar-refractivity contribution in [1.82, 2.24) is 4.98 Å². The second kappa shape index (κ2) is 5.66. The first-order chi connectivity index (χ1) is 11.4. The molecule has 1 aliphatic heterocycles. The molecule has 0 bridgehead atoms. The Morgan fingerprint density at radius 3 is 2.88 bits per heavy atom. The van der Waals surface area contributed by atoms with E-state index in [9.17, 15) is 13.2 Å². The standard InChI is InChI=1S/C15H9ClN2O3S3/c16-9-1-2-10-12(6-9)24(20,21)7-8-5-11(23-13(8)10)14(19)18-15-17-3-4-22-15/h1-6H,7H2,(H,17,18,19). The van der Waals surface area contributed by atoms with E-state index in [1.54, 1.807) is 29.8 Å². The number of nitrogens with zero attached hydrogens (tertiary/aromatic N) is 1. The normalized spacial score (nSPS) is 14.7. The Labute approximate surface area is 150 Å². The summed E-state index contributed by atoms with van der Waals surface area (Å²) in [5.74, 6) is -0.422. The van der Waals surface area contributed by atoms with Crippen molar-refractivity contribution in [3.8, 4) is 10.4 Å². The fraction of sp³-hybridized carbons (Fsp3) is 0.0667. The number of carbonyl (C=O) groups is 1. The molecule has 0 saturated carbocycles. The fourth-order valence-electron chi connectivity index (χ4n) is 2.54. The van der Waals surface area contributed by atoms with Gasteiger partial charge in [-0.3, -0.25) is 10.1 Å². The highest BCUT2D eigenvalue weighted by Crippen LogP contribution is 2.43. The molecule has 0 radical (unpaired) electrons. The van der Waals surface area contributed by atoms with Crippen LogP contribution in [0.4, 0.5) is 5.13 Å². The maximum Gasteiger partial charge on any atom is 0.267 e. The highest BCUT2D eigenvalue weighted by Gasteiger charge is 2.31. The number of rotatable bonds is 2. The molecule has 0 fully saturated rings. The van der Waals surface area contributed by atoms with E-state index < -0.39 is 9.84 Å². The molecule has 3 heterocycles. The molecule has 1 amide bonds. The summed E-state index contributed by atoms with van der Waals surface area (Å²) in [4.78, 5) is 17.8. The van der Waals surface area contributed by atoms with Crippen LogP contribution in [0, 0.1) is 0 Å². The minimum absolute atomic E-state index is 0.128. The third kappa shape index (κ3) is 2.65. The van der Waals surface area contributed by atoms with Crippen LogP contribution in [-0.2, 0) is 15.6 Å². The van der Waals surface area contributed by atoms with Crippen molar-refractivity contribution in [3.05, 3.63) is 51.3 Å². The van der Waals surface area contributed by atoms with Gasteiger partial charge in [-0.15, -0.1) is 22.7 Å². The van der Waals surface area contributed by atoms with Gasteiger partial charge in [-0.25, -0.2) is 13.4 Å². The Balaban J connectivity index is 1.78. The van der Waals surface area contributed by atoms with Gasteiger partial charge in [0.05, 0.1) is 15.5 Å². The number of fused-ring (bicyclic) bond motifs is 3. The average molecular weight is 397 g/mol. The van der Waals surface area contributed by atoms with Crippen LogP contribution in [0.1, 0.15) is 15.2 Å². The smallest absolute Gasteiger partial charge is 0.267 e. The number of aromatic nitrogens is 1. The monoisotopic (exact) mass is 396 g/mol. The van der Waals surface area contributed by atoms with Crippen molar-refractivity contribution in [2.24, 2.45) is 0 Å². The summed E-state index contributed by atoms with van der Waals surface area (Å²) < 4.78 is 24.9. The van der Waals surface area contributed by atoms with Crippen LogP contribution in [0.15, 0.2) is 40.7 Å². The van der Waals surface area contributed by atoms with Crippen LogP contribution in [0.2, 0.25) is 5.02 Å². The van der Waals surface area contributed by atoms with Crippen molar-refractivity contribution in [2.75, 3.05) is 5.32 Å². The number of nitrogens with one attached hydrogen (secondary N) is 1. The zero-order valence-corrected chi connectivity index (χ0v) is 15.2. The number of amides is 1. The van der Waals surface area contributed by atoms with Crippen molar-refractivity contribution < 1.29 is 13.2 Å². The fourth-order valence-corrected chi connectivity index (χ4v) is 6.18. The molecule has 3 aromatic rings. The molecule has 1 N–H and O–H groups in total. The van der Waals surface area contributed by atoms with Crippen LogP contribution < -0.4 is 5.32 Å². The first kappa shape index (κ1) is 15.8. The van der Waals surface area contributed by atoms with Gasteiger partial charge in [0, 0.05) is 27.0 Å². The number of hydrogen-bond donors (Lipinski definition) is 1. The van der Waals surface area contributed by atoms with Crippen molar-refractivity contribution >= 4 is 55.2 Å². The van der Waals surface area contributed by atoms with Gasteiger partial charge in [0.25, 0.3) is 5.91 Å². The predicted molar refractivity (Wildman–Crippen MR) is 95.7 cm³/mol. The molecule has 9 heteroatoms. The molecule has 0 saturated heterocycles. The SMILES string of the molecule is O=C(Nc1nccs1)c1cc2c(s1)-c1ccc(Cl)cc1S(=O)(=O)C2. The number of hydrogen-bond acceptors (Lipinski definition) is 6. The van der Waals surface area contributed by atoms with Gasteiger partial charge in [-0.2, -0.15) is 0 Å². The van der Waals surface area contributed by atoms with E-state index in [0.717, 1.165) is 4.88 Å². The Bertz CT molecular complexity index is 1060. The van der Waals surface area contributed by atoms with Gasteiger partial charge < -0.3 is 0 Å². The minimum Gasteiger partial charge on any atom is -0.297 e. The lowest BCUT2D eigenvalue weighted by molar-refractivity contribution is 0.103. The Kier molecular flexibility index (Phi) is 3.72. The van der Waals surface area contributed by atoms with E-state index in [4.69, 9.17) is 11.6 Å². The lowest BCUT2D eigenvalue weighted by Crippen LogP contribution is -2.11. The number of sulfone groups is 1. The molecular formula is C15H9ClN2O3S3. The van der Waals surface area contributed by atoms with Gasteiger partial charge in [0.2, 0.25) is 0 Å². The zero-order chi connectivity index (χ0) is 16.9. The second-order valence-corrected chi connectivity index (χ2v) is 9.50. The number of carbonyl (C=O) groups excluding carboxylic acids is 1. The number of benzene rings is 1. The predicted octanol–water partition coefficient (Wildman–Crippen LogP) is 4.06. The highest BCUT2D eigenvalue weighted by atomic mass is 35.5. The molecule has 0 spiro atoms. The first-order valence-corrected chi connectivity index (χ1v) is 10.5. The van der Waals surface area contributed by atoms with Crippen molar-refractivity contribution in [3.63, 3.8) is 0 Å². The Morgan fingerprint density at radius 2 is 2.12 bits per heavy atom. The number of thiophene rings is 1. The second-order valence-electron chi connectivity index (χ2n) is 5.16. The molecule has 0 atom stereocenters. The van der Waals surface area contributed by atoms with Crippen LogP contribution in [0.25, 0.3) is 10.4 Å². The van der Waals surface area contributed by atoms with E-state index in [-0.39, 0.29) is 16.6 Å². The van der Waals surface area contributed by atoms with E-state index in [1.165, 1.54) is 28.7 Å². The van der Waals surface area contributed by atoms with Gasteiger partial charge >= 0.3 is 0 Å². The van der Waals surface area contributed by atoms with Crippen molar-refractivity contribution in [2.45, 2.75) is 10.6 Å². The van der Waals surface area contributed by atoms with Gasteiger partial charge in [-0.05, 0) is 23.8 Å². The molecular weight excluding hydrogens is 388 g/mol. The molecule has 1 aromatic carbocycles. The van der Waals surface area contributed by atoms with Crippen LogP contribution in [-0.4, -0.2) is 19.3 Å². The third-order valence-electron chi connectivity index (χ3n) is 3.55.